The molecule has 1 aromatic heterocycles. The van der Waals surface area contributed by atoms with E-state index in [0.717, 1.165) is 0 Å². The zero-order valence-corrected chi connectivity index (χ0v) is 10.5. The van der Waals surface area contributed by atoms with Crippen LogP contribution in [0.15, 0.2) is 35.1 Å². The van der Waals surface area contributed by atoms with Crippen molar-refractivity contribution in [3.63, 3.8) is 0 Å². The third-order valence-electron chi connectivity index (χ3n) is 1.98. The van der Waals surface area contributed by atoms with Gasteiger partial charge in [0.1, 0.15) is 5.82 Å². The highest BCUT2D eigenvalue weighted by molar-refractivity contribution is 9.10. The number of rotatable bonds is 3. The summed E-state index contributed by atoms with van der Waals surface area (Å²) >= 11 is 3.18. The molecule has 2 N–H and O–H groups in total. The molecule has 8 heteroatoms. The lowest BCUT2D eigenvalue weighted by molar-refractivity contribution is -0.385. The third kappa shape index (κ3) is 2.54. The molecule has 2 aromatic rings. The predicted molar refractivity (Wildman–Crippen MR) is 67.3 cm³/mol. The highest BCUT2D eigenvalue weighted by atomic mass is 79.9. The summed E-state index contributed by atoms with van der Waals surface area (Å²) < 4.78 is 5.79. The van der Waals surface area contributed by atoms with Gasteiger partial charge in [-0.15, -0.1) is 0 Å². The second-order valence-corrected chi connectivity index (χ2v) is 4.08. The molecule has 92 valence electrons. The van der Waals surface area contributed by atoms with Gasteiger partial charge in [-0.1, -0.05) is 6.07 Å². The van der Waals surface area contributed by atoms with Crippen LogP contribution in [0.5, 0.6) is 11.6 Å². The average Bonchev–Trinajstić information content (AvgIpc) is 2.31. The average molecular weight is 311 g/mol. The van der Waals surface area contributed by atoms with Crippen molar-refractivity contribution in [2.24, 2.45) is 0 Å². The normalized spacial score (nSPS) is 10.1. The number of nitrogen functional groups attached to an aromatic ring is 1. The van der Waals surface area contributed by atoms with E-state index in [9.17, 15) is 10.1 Å². The summed E-state index contributed by atoms with van der Waals surface area (Å²) in [6.45, 7) is 0. The molecule has 0 fully saturated rings. The monoisotopic (exact) mass is 310 g/mol. The molecule has 0 spiro atoms. The molecule has 0 aliphatic carbocycles. The second-order valence-electron chi connectivity index (χ2n) is 3.23. The van der Waals surface area contributed by atoms with Crippen molar-refractivity contribution in [3.8, 4) is 11.6 Å². The van der Waals surface area contributed by atoms with E-state index in [1.807, 2.05) is 0 Å². The molecular weight excluding hydrogens is 304 g/mol. The first-order chi connectivity index (χ1) is 8.58. The lowest BCUT2D eigenvalue weighted by Crippen LogP contribution is -1.98. The SMILES string of the molecule is Nc1cncc(Oc2c(Br)cccc2[N+](=O)[O-])n1. The molecule has 1 heterocycles. The molecular formula is C10H7BrN4O3. The van der Waals surface area contributed by atoms with Gasteiger partial charge in [-0.05, 0) is 22.0 Å². The molecule has 0 atom stereocenters. The summed E-state index contributed by atoms with van der Waals surface area (Å²) in [5.41, 5.74) is 5.28. The Balaban J connectivity index is 2.42. The lowest BCUT2D eigenvalue weighted by atomic mass is 10.3. The fraction of sp³-hybridized carbons (Fsp3) is 0. The summed E-state index contributed by atoms with van der Waals surface area (Å²) in [6, 6.07) is 4.50. The van der Waals surface area contributed by atoms with E-state index in [1.165, 1.54) is 18.5 Å². The van der Waals surface area contributed by atoms with Crippen LogP contribution < -0.4 is 10.5 Å². The van der Waals surface area contributed by atoms with Gasteiger partial charge in [-0.2, -0.15) is 4.98 Å². The fourth-order valence-electron chi connectivity index (χ4n) is 1.26. The standard InChI is InChI=1S/C10H7BrN4O3/c11-6-2-1-3-7(15(16)17)10(6)18-9-5-13-4-8(12)14-9/h1-5H,(H2,12,14). The van der Waals surface area contributed by atoms with Gasteiger partial charge in [0.2, 0.25) is 11.6 Å². The summed E-state index contributed by atoms with van der Waals surface area (Å²) in [5, 5.41) is 10.9. The van der Waals surface area contributed by atoms with Gasteiger partial charge in [0.05, 0.1) is 21.8 Å². The Morgan fingerprint density at radius 2 is 2.17 bits per heavy atom. The molecule has 0 aliphatic heterocycles. The number of nitrogens with zero attached hydrogens (tertiary/aromatic N) is 3. The van der Waals surface area contributed by atoms with Crippen molar-refractivity contribution >= 4 is 27.4 Å². The number of benzene rings is 1. The molecule has 2 rings (SSSR count). The summed E-state index contributed by atoms with van der Waals surface area (Å²) in [6.07, 6.45) is 2.67. The van der Waals surface area contributed by atoms with E-state index in [0.29, 0.717) is 4.47 Å². The van der Waals surface area contributed by atoms with E-state index in [-0.39, 0.29) is 23.1 Å². The molecule has 18 heavy (non-hydrogen) atoms. The van der Waals surface area contributed by atoms with Crippen LogP contribution in [0.4, 0.5) is 11.5 Å². The van der Waals surface area contributed by atoms with Gasteiger partial charge in [0.15, 0.2) is 0 Å². The number of ether oxygens (including phenoxy) is 1. The number of aromatic nitrogens is 2. The van der Waals surface area contributed by atoms with Crippen LogP contribution in [-0.4, -0.2) is 14.9 Å². The minimum Gasteiger partial charge on any atom is -0.429 e. The molecule has 0 saturated heterocycles. The topological polar surface area (TPSA) is 104 Å². The van der Waals surface area contributed by atoms with Gasteiger partial charge in [0.25, 0.3) is 0 Å². The number of hydrogen-bond donors (Lipinski definition) is 1. The first kappa shape index (κ1) is 12.2. The molecule has 0 saturated carbocycles. The molecule has 7 nitrogen and oxygen atoms in total. The molecule has 0 bridgehead atoms. The van der Waals surface area contributed by atoms with Crippen LogP contribution >= 0.6 is 15.9 Å². The van der Waals surface area contributed by atoms with E-state index >= 15 is 0 Å². The molecule has 0 unspecified atom stereocenters. The van der Waals surface area contributed by atoms with Crippen molar-refractivity contribution in [1.82, 2.24) is 9.97 Å². The first-order valence-electron chi connectivity index (χ1n) is 4.76. The number of nitro groups is 1. The Hall–Kier alpha value is -2.22. The zero-order valence-electron chi connectivity index (χ0n) is 8.91. The van der Waals surface area contributed by atoms with Crippen molar-refractivity contribution in [1.29, 1.82) is 0 Å². The largest absolute Gasteiger partial charge is 0.429 e. The Morgan fingerprint density at radius 3 is 2.83 bits per heavy atom. The number of para-hydroxylation sites is 1. The maximum Gasteiger partial charge on any atom is 0.312 e. The van der Waals surface area contributed by atoms with Crippen molar-refractivity contribution in [2.45, 2.75) is 0 Å². The van der Waals surface area contributed by atoms with Gasteiger partial charge >= 0.3 is 5.69 Å². The van der Waals surface area contributed by atoms with Crippen molar-refractivity contribution in [3.05, 3.63) is 45.2 Å². The minimum atomic E-state index is -0.542. The van der Waals surface area contributed by atoms with E-state index < -0.39 is 4.92 Å². The number of halogens is 1. The van der Waals surface area contributed by atoms with Crippen LogP contribution in [0, 0.1) is 10.1 Å². The Kier molecular flexibility index (Phi) is 3.38. The lowest BCUT2D eigenvalue weighted by Gasteiger charge is -2.06. The van der Waals surface area contributed by atoms with Gasteiger partial charge < -0.3 is 10.5 Å². The number of hydrogen-bond acceptors (Lipinski definition) is 6. The second kappa shape index (κ2) is 4.96. The number of nitrogens with two attached hydrogens (primary N) is 1. The van der Waals surface area contributed by atoms with E-state index in [4.69, 9.17) is 10.5 Å². The van der Waals surface area contributed by atoms with Crippen LogP contribution in [-0.2, 0) is 0 Å². The van der Waals surface area contributed by atoms with Gasteiger partial charge in [-0.3, -0.25) is 15.1 Å². The summed E-state index contributed by atoms with van der Waals surface area (Å²) in [7, 11) is 0. The smallest absolute Gasteiger partial charge is 0.312 e. The van der Waals surface area contributed by atoms with Gasteiger partial charge in [-0.25, -0.2) is 0 Å². The fourth-order valence-corrected chi connectivity index (χ4v) is 1.70. The third-order valence-corrected chi connectivity index (χ3v) is 2.61. The van der Waals surface area contributed by atoms with E-state index in [2.05, 4.69) is 25.9 Å². The van der Waals surface area contributed by atoms with Gasteiger partial charge in [0, 0.05) is 6.07 Å². The quantitative estimate of drug-likeness (QED) is 0.690. The Bertz CT molecular complexity index is 605. The molecule has 0 amide bonds. The molecule has 1 aromatic carbocycles. The highest BCUT2D eigenvalue weighted by Gasteiger charge is 2.19. The van der Waals surface area contributed by atoms with Crippen molar-refractivity contribution < 1.29 is 9.66 Å². The maximum atomic E-state index is 10.9. The Labute approximate surface area is 110 Å². The zero-order chi connectivity index (χ0) is 13.1. The van der Waals surface area contributed by atoms with Crippen LogP contribution in [0.3, 0.4) is 0 Å². The minimum absolute atomic E-state index is 0.0578. The number of anilines is 1. The van der Waals surface area contributed by atoms with Crippen molar-refractivity contribution in [2.75, 3.05) is 5.73 Å². The predicted octanol–water partition coefficient (Wildman–Crippen LogP) is 2.52. The highest BCUT2D eigenvalue weighted by Crippen LogP contribution is 2.37. The summed E-state index contributed by atoms with van der Waals surface area (Å²) in [4.78, 5) is 18.0. The molecule has 0 radical (unpaired) electrons. The molecule has 0 aliphatic rings. The van der Waals surface area contributed by atoms with Crippen LogP contribution in [0.2, 0.25) is 0 Å². The Morgan fingerprint density at radius 1 is 1.39 bits per heavy atom. The van der Waals surface area contributed by atoms with E-state index in [1.54, 1.807) is 12.1 Å². The first-order valence-corrected chi connectivity index (χ1v) is 5.55. The van der Waals surface area contributed by atoms with Crippen LogP contribution in [0.1, 0.15) is 0 Å². The summed E-state index contributed by atoms with van der Waals surface area (Å²) in [5.74, 6) is 0.314. The number of nitro benzene ring substituents is 1. The maximum absolute atomic E-state index is 10.9. The van der Waals surface area contributed by atoms with Crippen LogP contribution in [0.25, 0.3) is 0 Å².